The lowest BCUT2D eigenvalue weighted by molar-refractivity contribution is -0.276. The smallest absolute Gasteiger partial charge is 0.257 e. The Labute approximate surface area is 292 Å². The molecule has 0 radical (unpaired) electrons. The van der Waals surface area contributed by atoms with E-state index in [1.165, 1.54) is 0 Å². The quantitative estimate of drug-likeness (QED) is 0.0962. The first-order chi connectivity index (χ1) is 24.6. The number of likely N-dealkylation sites (tertiary alicyclic amines) is 1. The van der Waals surface area contributed by atoms with Gasteiger partial charge in [0.1, 0.15) is 5.56 Å². The van der Waals surface area contributed by atoms with Crippen LogP contribution in [0.5, 0.6) is 0 Å². The number of benzene rings is 4. The molecule has 0 bridgehead atoms. The molecule has 2 aliphatic heterocycles. The third-order valence-electron chi connectivity index (χ3n) is 9.78. The number of ether oxygens (including phenoxy) is 3. The number of rotatable bonds is 11. The molecule has 2 saturated heterocycles. The fourth-order valence-corrected chi connectivity index (χ4v) is 6.92. The number of nitrogens with one attached hydrogen (secondary N) is 1. The largest absolute Gasteiger partial charge is 0.392 e. The molecule has 0 unspecified atom stereocenters. The molecule has 1 amide bonds. The molecule has 0 aromatic heterocycles. The predicted octanol–water partition coefficient (Wildman–Crippen LogP) is 7.37. The summed E-state index contributed by atoms with van der Waals surface area (Å²) in [5.41, 5.74) is 2.99. The van der Waals surface area contributed by atoms with Crippen LogP contribution in [-0.4, -0.2) is 54.9 Å². The van der Waals surface area contributed by atoms with Gasteiger partial charge in [0.15, 0.2) is 29.6 Å². The lowest BCUT2D eigenvalue weighted by Gasteiger charge is -2.43. The zero-order chi connectivity index (χ0) is 36.2. The van der Waals surface area contributed by atoms with Crippen molar-refractivity contribution in [3.8, 4) is 11.1 Å². The van der Waals surface area contributed by atoms with Crippen molar-refractivity contribution >= 4 is 5.91 Å². The van der Waals surface area contributed by atoms with Crippen LogP contribution in [-0.2, 0) is 27.4 Å². The van der Waals surface area contributed by atoms with Crippen molar-refractivity contribution in [2.45, 2.75) is 57.5 Å². The third kappa shape index (κ3) is 7.70. The van der Waals surface area contributed by atoms with Gasteiger partial charge in [-0.25, -0.2) is 22.0 Å². The van der Waals surface area contributed by atoms with Crippen molar-refractivity contribution in [2.75, 3.05) is 26.8 Å². The predicted molar refractivity (Wildman–Crippen MR) is 179 cm³/mol. The molecular weight excluding hydrogens is 671 g/mol. The minimum absolute atomic E-state index is 0.0104. The van der Waals surface area contributed by atoms with Crippen molar-refractivity contribution in [1.82, 2.24) is 10.2 Å². The third-order valence-corrected chi connectivity index (χ3v) is 9.78. The maximum atomic E-state index is 14.2. The van der Waals surface area contributed by atoms with E-state index in [1.54, 1.807) is 31.4 Å². The van der Waals surface area contributed by atoms with Crippen LogP contribution in [0, 0.1) is 35.0 Å². The first kappa shape index (κ1) is 36.6. The van der Waals surface area contributed by atoms with Gasteiger partial charge in [0, 0.05) is 37.7 Å². The summed E-state index contributed by atoms with van der Waals surface area (Å²) in [6.07, 6.45) is 1.01. The molecule has 270 valence electrons. The highest BCUT2D eigenvalue weighted by Gasteiger charge is 2.40. The highest BCUT2D eigenvalue weighted by atomic mass is 19.2. The number of amides is 1. The zero-order valence-corrected chi connectivity index (χ0v) is 28.2. The van der Waals surface area contributed by atoms with Crippen LogP contribution in [0.15, 0.2) is 72.8 Å². The first-order valence-electron chi connectivity index (χ1n) is 16.8. The van der Waals surface area contributed by atoms with E-state index in [4.69, 9.17) is 14.2 Å². The van der Waals surface area contributed by atoms with Crippen LogP contribution in [0.3, 0.4) is 0 Å². The second-order valence-corrected chi connectivity index (χ2v) is 13.0. The van der Waals surface area contributed by atoms with Gasteiger partial charge in [0.05, 0.1) is 25.4 Å². The number of carbonyl (C=O) groups is 1. The summed E-state index contributed by atoms with van der Waals surface area (Å²) in [6.45, 7) is 4.13. The normalized spacial score (nSPS) is 22.3. The summed E-state index contributed by atoms with van der Waals surface area (Å²) in [5, 5.41) is 11.9. The van der Waals surface area contributed by atoms with Gasteiger partial charge in [-0.1, -0.05) is 79.7 Å². The van der Waals surface area contributed by atoms with Crippen LogP contribution in [0.1, 0.15) is 64.8 Å². The molecule has 2 N–H and O–H groups in total. The Hall–Kier alpha value is -4.20. The molecule has 12 heteroatoms. The van der Waals surface area contributed by atoms with Gasteiger partial charge in [-0.2, -0.15) is 0 Å². The Morgan fingerprint density at radius 3 is 2.20 bits per heavy atom. The molecule has 0 saturated carbocycles. The number of carbonyl (C=O) groups excluding carboxylic acids is 1. The number of halogens is 5. The van der Waals surface area contributed by atoms with Crippen LogP contribution in [0.2, 0.25) is 0 Å². The number of hydrogen-bond acceptors (Lipinski definition) is 6. The van der Waals surface area contributed by atoms with Crippen molar-refractivity contribution in [1.29, 1.82) is 0 Å². The number of aliphatic hydroxyl groups excluding tert-OH is 1. The first-order valence-corrected chi connectivity index (χ1v) is 16.8. The van der Waals surface area contributed by atoms with Crippen LogP contribution < -0.4 is 5.32 Å². The molecule has 4 aromatic carbocycles. The van der Waals surface area contributed by atoms with E-state index in [0.29, 0.717) is 30.3 Å². The van der Waals surface area contributed by atoms with E-state index in [2.05, 4.69) is 17.1 Å². The Bertz CT molecular complexity index is 1810. The molecule has 6 rings (SSSR count). The number of nitrogens with zero attached hydrogens (tertiary/aromatic N) is 1. The van der Waals surface area contributed by atoms with Crippen molar-refractivity contribution < 1.29 is 46.1 Å². The summed E-state index contributed by atoms with van der Waals surface area (Å²) in [7, 11) is 1.71. The van der Waals surface area contributed by atoms with Crippen molar-refractivity contribution in [2.24, 2.45) is 5.92 Å². The maximum Gasteiger partial charge on any atom is 0.257 e. The average Bonchev–Trinajstić information content (AvgIpc) is 3.59. The molecule has 2 heterocycles. The lowest BCUT2D eigenvalue weighted by atomic mass is 9.89. The Morgan fingerprint density at radius 2 is 1.53 bits per heavy atom. The van der Waals surface area contributed by atoms with Gasteiger partial charge in [0.2, 0.25) is 5.82 Å². The zero-order valence-electron chi connectivity index (χ0n) is 28.2. The highest BCUT2D eigenvalue weighted by molar-refractivity contribution is 5.95. The summed E-state index contributed by atoms with van der Waals surface area (Å²) in [4.78, 5) is 15.0. The topological polar surface area (TPSA) is 80.3 Å². The van der Waals surface area contributed by atoms with E-state index >= 15 is 0 Å². The van der Waals surface area contributed by atoms with E-state index in [9.17, 15) is 31.9 Å². The minimum Gasteiger partial charge on any atom is -0.392 e. The summed E-state index contributed by atoms with van der Waals surface area (Å²) in [6, 6.07) is 22.5. The van der Waals surface area contributed by atoms with Gasteiger partial charge in [-0.05, 0) is 47.2 Å². The van der Waals surface area contributed by atoms with E-state index in [0.717, 1.165) is 41.6 Å². The standard InChI is InChI=1S/C39H39F5N2O5/c1-22-30(19-46-17-5-7-28(46)21-49-2)50-39(51-37(22)25-11-9-23(20-47)10-12-25)26-15-13-24(14-16-26)29-8-4-3-6-27(29)18-45-38(48)31-32(40)34(42)36(44)35(43)33(31)41/h3-4,6,8-16,22,28,30,37,39,47H,5,7,17-21H2,1-2H3,(H,45,48)/t22-,28-,30+,37+,39+/m0/s1. The Morgan fingerprint density at radius 1 is 0.882 bits per heavy atom. The van der Waals surface area contributed by atoms with Gasteiger partial charge in [-0.3, -0.25) is 9.69 Å². The monoisotopic (exact) mass is 710 g/mol. The second kappa shape index (κ2) is 16.0. The molecule has 0 spiro atoms. The summed E-state index contributed by atoms with van der Waals surface area (Å²) < 4.78 is 88.2. The molecular formula is C39H39F5N2O5. The van der Waals surface area contributed by atoms with Crippen molar-refractivity contribution in [3.63, 3.8) is 0 Å². The Kier molecular flexibility index (Phi) is 11.5. The molecule has 7 nitrogen and oxygen atoms in total. The fraction of sp³-hybridized carbons (Fsp3) is 0.359. The van der Waals surface area contributed by atoms with Crippen LogP contribution in [0.25, 0.3) is 11.1 Å². The van der Waals surface area contributed by atoms with Crippen LogP contribution >= 0.6 is 0 Å². The molecule has 5 atom stereocenters. The average molecular weight is 711 g/mol. The van der Waals surface area contributed by atoms with Gasteiger partial charge < -0.3 is 24.6 Å². The number of hydrogen-bond donors (Lipinski definition) is 2. The van der Waals surface area contributed by atoms with Gasteiger partial charge in [-0.15, -0.1) is 0 Å². The second-order valence-electron chi connectivity index (χ2n) is 13.0. The SMILES string of the molecule is COC[C@@H]1CCCN1C[C@H]1O[C@@H](c2ccc(-c3ccccc3CNC(=O)c3c(F)c(F)c(F)c(F)c3F)cc2)O[C@@H](c2ccc(CO)cc2)[C@H]1C. The molecule has 0 aliphatic carbocycles. The van der Waals surface area contributed by atoms with Gasteiger partial charge in [0.25, 0.3) is 5.91 Å². The lowest BCUT2D eigenvalue weighted by Crippen LogP contribution is -2.46. The van der Waals surface area contributed by atoms with Crippen molar-refractivity contribution in [3.05, 3.63) is 130 Å². The number of methoxy groups -OCH3 is 1. The molecule has 2 aliphatic rings. The summed E-state index contributed by atoms with van der Waals surface area (Å²) >= 11 is 0. The van der Waals surface area contributed by atoms with E-state index in [-0.39, 0.29) is 31.3 Å². The summed E-state index contributed by atoms with van der Waals surface area (Å²) in [5.74, 6) is -12.5. The number of aliphatic hydroxyl groups is 1. The Balaban J connectivity index is 1.22. The minimum atomic E-state index is -2.33. The van der Waals surface area contributed by atoms with Gasteiger partial charge >= 0.3 is 0 Å². The highest BCUT2D eigenvalue weighted by Crippen LogP contribution is 2.42. The maximum absolute atomic E-state index is 14.2. The van der Waals surface area contributed by atoms with E-state index in [1.807, 2.05) is 48.5 Å². The van der Waals surface area contributed by atoms with Crippen LogP contribution in [0.4, 0.5) is 22.0 Å². The molecule has 51 heavy (non-hydrogen) atoms. The molecule has 4 aromatic rings. The van der Waals surface area contributed by atoms with E-state index < -0.39 is 46.8 Å². The fourth-order valence-electron chi connectivity index (χ4n) is 6.92. The molecule has 2 fully saturated rings.